The van der Waals surface area contributed by atoms with Gasteiger partial charge in [0.25, 0.3) is 21.6 Å². The number of aryl methyl sites for hydroxylation is 1. The van der Waals surface area contributed by atoms with E-state index in [1.165, 1.54) is 12.1 Å². The number of benzene rings is 1. The molecule has 1 aliphatic rings. The summed E-state index contributed by atoms with van der Waals surface area (Å²) in [7, 11) is -3.87. The number of amides is 1. The fourth-order valence-electron chi connectivity index (χ4n) is 2.40. The molecule has 1 aromatic carbocycles. The number of hydrogen-bond donors (Lipinski definition) is 2. The summed E-state index contributed by atoms with van der Waals surface area (Å²) < 4.78 is 36.3. The van der Waals surface area contributed by atoms with Crippen molar-refractivity contribution in [3.05, 3.63) is 51.8 Å². The lowest BCUT2D eigenvalue weighted by atomic mass is 10.1. The first-order chi connectivity index (χ1) is 13.7. The summed E-state index contributed by atoms with van der Waals surface area (Å²) in [4.78, 5) is 34.4. The van der Waals surface area contributed by atoms with E-state index < -0.39 is 44.3 Å². The number of hydrogen-bond acceptors (Lipinski definition) is 8. The normalized spacial score (nSPS) is 13.7. The predicted molar refractivity (Wildman–Crippen MR) is 98.8 cm³/mol. The first kappa shape index (κ1) is 20.5. The van der Waals surface area contributed by atoms with Crippen molar-refractivity contribution >= 4 is 33.3 Å². The number of para-hydroxylation sites is 1. The first-order valence-electron chi connectivity index (χ1n) is 8.50. The van der Waals surface area contributed by atoms with Crippen LogP contribution >= 0.6 is 0 Å². The summed E-state index contributed by atoms with van der Waals surface area (Å²) >= 11 is 0. The molecule has 12 heteroatoms. The van der Waals surface area contributed by atoms with Gasteiger partial charge >= 0.3 is 5.97 Å². The van der Waals surface area contributed by atoms with Gasteiger partial charge in [0.05, 0.1) is 4.92 Å². The number of rotatable bonds is 8. The monoisotopic (exact) mass is 423 g/mol. The number of nitro groups is 1. The van der Waals surface area contributed by atoms with E-state index in [0.29, 0.717) is 5.56 Å². The highest BCUT2D eigenvalue weighted by Gasteiger charge is 2.30. The molecule has 2 N–H and O–H groups in total. The summed E-state index contributed by atoms with van der Waals surface area (Å²) in [5.41, 5.74) is 0.160. The van der Waals surface area contributed by atoms with E-state index in [1.807, 2.05) is 0 Å². The van der Waals surface area contributed by atoms with Crippen molar-refractivity contribution in [1.29, 1.82) is 0 Å². The van der Waals surface area contributed by atoms with E-state index in [0.717, 1.165) is 25.0 Å². The summed E-state index contributed by atoms with van der Waals surface area (Å²) in [5, 5.41) is 13.0. The molecular formula is C17H17N3O8S. The third kappa shape index (κ3) is 4.97. The Labute approximate surface area is 165 Å². The molecule has 0 saturated heterocycles. The van der Waals surface area contributed by atoms with Crippen LogP contribution in [0.1, 0.15) is 29.0 Å². The van der Waals surface area contributed by atoms with Crippen LogP contribution in [0.25, 0.3) is 0 Å². The van der Waals surface area contributed by atoms with Crippen LogP contribution in [0.4, 0.5) is 11.4 Å². The minimum absolute atomic E-state index is 0.00363. The van der Waals surface area contributed by atoms with E-state index in [2.05, 4.69) is 10.0 Å². The van der Waals surface area contributed by atoms with Gasteiger partial charge in [-0.15, -0.1) is 0 Å². The number of nitrogens with one attached hydrogen (secondary N) is 2. The molecule has 1 amide bonds. The van der Waals surface area contributed by atoms with Crippen molar-refractivity contribution in [3.8, 4) is 0 Å². The van der Waals surface area contributed by atoms with Gasteiger partial charge in [0, 0.05) is 12.1 Å². The Morgan fingerprint density at radius 2 is 2.00 bits per heavy atom. The van der Waals surface area contributed by atoms with Crippen molar-refractivity contribution in [3.63, 3.8) is 0 Å². The summed E-state index contributed by atoms with van der Waals surface area (Å²) in [6, 6.07) is 6.38. The molecular weight excluding hydrogens is 406 g/mol. The topological polar surface area (TPSA) is 158 Å². The zero-order valence-corrected chi connectivity index (χ0v) is 16.0. The number of anilines is 1. The maximum absolute atomic E-state index is 12.0. The van der Waals surface area contributed by atoms with E-state index in [-0.39, 0.29) is 17.4 Å². The van der Waals surface area contributed by atoms with Crippen LogP contribution in [0.3, 0.4) is 0 Å². The van der Waals surface area contributed by atoms with Crippen LogP contribution in [-0.2, 0) is 19.6 Å². The number of furan rings is 1. The predicted octanol–water partition coefficient (Wildman–Crippen LogP) is 1.73. The Hall–Kier alpha value is -3.25. The number of carbonyl (C=O) groups excluding carboxylic acids is 2. The van der Waals surface area contributed by atoms with Crippen LogP contribution in [0.2, 0.25) is 0 Å². The van der Waals surface area contributed by atoms with Gasteiger partial charge in [-0.05, 0) is 37.5 Å². The summed E-state index contributed by atoms with van der Waals surface area (Å²) in [5.74, 6) is -2.24. The van der Waals surface area contributed by atoms with E-state index >= 15 is 0 Å². The largest absolute Gasteiger partial charge is 0.450 e. The van der Waals surface area contributed by atoms with Crippen molar-refractivity contribution in [1.82, 2.24) is 4.72 Å². The number of esters is 1. The fourth-order valence-corrected chi connectivity index (χ4v) is 3.64. The van der Waals surface area contributed by atoms with Crippen molar-refractivity contribution in [2.24, 2.45) is 0 Å². The number of nitro benzene ring substituents is 1. The van der Waals surface area contributed by atoms with E-state index in [1.54, 1.807) is 13.0 Å². The Balaban J connectivity index is 1.60. The maximum Gasteiger partial charge on any atom is 0.374 e. The third-order valence-electron chi connectivity index (χ3n) is 3.99. The van der Waals surface area contributed by atoms with Crippen LogP contribution in [-0.4, -0.2) is 37.9 Å². The van der Waals surface area contributed by atoms with Crippen LogP contribution < -0.4 is 10.0 Å². The van der Waals surface area contributed by atoms with Gasteiger partial charge < -0.3 is 14.5 Å². The standard InChI is InChI=1S/C17H17N3O8S/c1-10-3-2-4-12(20(23)24)16(10)18-14(21)9-27-17(22)13-7-8-15(28-13)29(25,26)19-11-5-6-11/h2-4,7-8,11,19H,5-6,9H2,1H3,(H,18,21). The molecule has 0 atom stereocenters. The second-order valence-corrected chi connectivity index (χ2v) is 8.01. The van der Waals surface area contributed by atoms with Crippen molar-refractivity contribution < 1.29 is 32.1 Å². The maximum atomic E-state index is 12.0. The Morgan fingerprint density at radius 1 is 1.28 bits per heavy atom. The number of nitrogens with zero attached hydrogens (tertiary/aromatic N) is 1. The highest BCUT2D eigenvalue weighted by atomic mass is 32.2. The average Bonchev–Trinajstić information content (AvgIpc) is 3.30. The fraction of sp³-hybridized carbons (Fsp3) is 0.294. The molecule has 1 aromatic heterocycles. The Kier molecular flexibility index (Phi) is 5.66. The van der Waals surface area contributed by atoms with E-state index in [4.69, 9.17) is 9.15 Å². The van der Waals surface area contributed by atoms with Gasteiger partial charge in [-0.3, -0.25) is 14.9 Å². The zero-order valence-electron chi connectivity index (χ0n) is 15.2. The summed E-state index contributed by atoms with van der Waals surface area (Å²) in [6.45, 7) is 0.836. The molecule has 2 aromatic rings. The minimum atomic E-state index is -3.87. The molecule has 1 fully saturated rings. The quantitative estimate of drug-likeness (QED) is 0.369. The van der Waals surface area contributed by atoms with Gasteiger partial charge in [0.2, 0.25) is 10.9 Å². The van der Waals surface area contributed by atoms with Crippen molar-refractivity contribution in [2.75, 3.05) is 11.9 Å². The van der Waals surface area contributed by atoms with Gasteiger partial charge in [0.15, 0.2) is 6.61 Å². The lowest BCUT2D eigenvalue weighted by Crippen LogP contribution is -2.25. The summed E-state index contributed by atoms with van der Waals surface area (Å²) in [6.07, 6.45) is 1.48. The molecule has 29 heavy (non-hydrogen) atoms. The SMILES string of the molecule is Cc1cccc([N+](=O)[O-])c1NC(=O)COC(=O)c1ccc(S(=O)(=O)NC2CC2)o1. The third-order valence-corrected chi connectivity index (χ3v) is 5.39. The first-order valence-corrected chi connectivity index (χ1v) is 9.99. The van der Waals surface area contributed by atoms with Gasteiger partial charge in [0.1, 0.15) is 5.69 Å². The molecule has 1 heterocycles. The van der Waals surface area contributed by atoms with Gasteiger partial charge in [-0.2, -0.15) is 0 Å². The molecule has 0 aliphatic heterocycles. The van der Waals surface area contributed by atoms with E-state index in [9.17, 15) is 28.1 Å². The van der Waals surface area contributed by atoms with Crippen LogP contribution in [0, 0.1) is 17.0 Å². The van der Waals surface area contributed by atoms with Gasteiger partial charge in [-0.1, -0.05) is 12.1 Å². The molecule has 0 unspecified atom stereocenters. The smallest absolute Gasteiger partial charge is 0.374 e. The minimum Gasteiger partial charge on any atom is -0.450 e. The molecule has 1 aliphatic carbocycles. The lowest BCUT2D eigenvalue weighted by Gasteiger charge is -2.09. The second kappa shape index (κ2) is 8.01. The molecule has 1 saturated carbocycles. The molecule has 0 bridgehead atoms. The molecule has 11 nitrogen and oxygen atoms in total. The second-order valence-electron chi connectivity index (χ2n) is 6.36. The van der Waals surface area contributed by atoms with Gasteiger partial charge in [-0.25, -0.2) is 17.9 Å². The molecule has 154 valence electrons. The highest BCUT2D eigenvalue weighted by molar-refractivity contribution is 7.89. The Bertz CT molecular complexity index is 1070. The van der Waals surface area contributed by atoms with Crippen LogP contribution in [0.5, 0.6) is 0 Å². The number of ether oxygens (including phenoxy) is 1. The molecule has 0 spiro atoms. The average molecular weight is 423 g/mol. The highest BCUT2D eigenvalue weighted by Crippen LogP contribution is 2.27. The molecule has 0 radical (unpaired) electrons. The van der Waals surface area contributed by atoms with Crippen LogP contribution in [0.15, 0.2) is 39.8 Å². The van der Waals surface area contributed by atoms with Crippen molar-refractivity contribution in [2.45, 2.75) is 30.9 Å². The number of carbonyl (C=O) groups is 2. The number of sulfonamides is 1. The zero-order chi connectivity index (χ0) is 21.2. The molecule has 3 rings (SSSR count). The Morgan fingerprint density at radius 3 is 2.66 bits per heavy atom. The lowest BCUT2D eigenvalue weighted by molar-refractivity contribution is -0.384.